The SMILES string of the molecule is CCNS(=O)(=O)CCNC(C)c1ccc2c(c1)CCO2. The molecule has 0 amide bonds. The monoisotopic (exact) mass is 298 g/mol. The van der Waals surface area contributed by atoms with Crippen LogP contribution in [0, 0.1) is 0 Å². The average Bonchev–Trinajstić information content (AvgIpc) is 2.85. The molecule has 0 radical (unpaired) electrons. The van der Waals surface area contributed by atoms with Crippen molar-refractivity contribution in [1.29, 1.82) is 0 Å². The van der Waals surface area contributed by atoms with Crippen molar-refractivity contribution in [1.82, 2.24) is 10.0 Å². The minimum absolute atomic E-state index is 0.0965. The van der Waals surface area contributed by atoms with Crippen molar-refractivity contribution in [3.8, 4) is 5.75 Å². The zero-order valence-corrected chi connectivity index (χ0v) is 12.8. The Morgan fingerprint density at radius 1 is 1.40 bits per heavy atom. The second-order valence-corrected chi connectivity index (χ2v) is 6.88. The first-order valence-electron chi connectivity index (χ1n) is 6.98. The standard InChI is InChI=1S/C14H22N2O3S/c1-3-16-20(17,18)9-7-15-11(2)12-4-5-14-13(10-12)6-8-19-14/h4-5,10-11,15-16H,3,6-9H2,1-2H3. The van der Waals surface area contributed by atoms with Gasteiger partial charge in [0, 0.05) is 25.6 Å². The fourth-order valence-corrected chi connectivity index (χ4v) is 3.27. The van der Waals surface area contributed by atoms with Gasteiger partial charge in [0.05, 0.1) is 12.4 Å². The van der Waals surface area contributed by atoms with Gasteiger partial charge < -0.3 is 10.1 Å². The van der Waals surface area contributed by atoms with Gasteiger partial charge in [-0.25, -0.2) is 13.1 Å². The molecule has 0 aromatic heterocycles. The predicted molar refractivity (Wildman–Crippen MR) is 79.5 cm³/mol. The highest BCUT2D eigenvalue weighted by Gasteiger charge is 2.15. The molecule has 1 atom stereocenters. The topological polar surface area (TPSA) is 67.4 Å². The van der Waals surface area contributed by atoms with Crippen LogP contribution < -0.4 is 14.8 Å². The Hall–Kier alpha value is -1.11. The molecule has 2 rings (SSSR count). The van der Waals surface area contributed by atoms with E-state index in [0.29, 0.717) is 13.1 Å². The number of nitrogens with one attached hydrogen (secondary N) is 2. The normalized spacial score (nSPS) is 15.7. The second-order valence-electron chi connectivity index (χ2n) is 4.96. The van der Waals surface area contributed by atoms with Crippen molar-refractivity contribution in [2.75, 3.05) is 25.4 Å². The molecule has 2 N–H and O–H groups in total. The maximum absolute atomic E-state index is 11.5. The molecule has 0 aliphatic carbocycles. The van der Waals surface area contributed by atoms with E-state index in [1.165, 1.54) is 5.56 Å². The first-order valence-corrected chi connectivity index (χ1v) is 8.63. The fourth-order valence-electron chi connectivity index (χ4n) is 2.30. The average molecular weight is 298 g/mol. The summed E-state index contributed by atoms with van der Waals surface area (Å²) >= 11 is 0. The first kappa shape index (κ1) is 15.3. The molecule has 1 aliphatic rings. The number of hydrogen-bond donors (Lipinski definition) is 2. The largest absolute Gasteiger partial charge is 0.493 e. The van der Waals surface area contributed by atoms with Crippen LogP contribution in [-0.2, 0) is 16.4 Å². The minimum Gasteiger partial charge on any atom is -0.493 e. The van der Waals surface area contributed by atoms with Crippen LogP contribution in [0.15, 0.2) is 18.2 Å². The zero-order chi connectivity index (χ0) is 14.6. The maximum Gasteiger partial charge on any atom is 0.212 e. The van der Waals surface area contributed by atoms with E-state index in [9.17, 15) is 8.42 Å². The molecule has 1 aromatic carbocycles. The quantitative estimate of drug-likeness (QED) is 0.794. The van der Waals surface area contributed by atoms with Crippen molar-refractivity contribution >= 4 is 10.0 Å². The molecule has 1 heterocycles. The summed E-state index contributed by atoms with van der Waals surface area (Å²) in [6.07, 6.45) is 0.949. The number of fused-ring (bicyclic) bond motifs is 1. The lowest BCUT2D eigenvalue weighted by Gasteiger charge is -2.15. The predicted octanol–water partition coefficient (Wildman–Crippen LogP) is 1.21. The third-order valence-electron chi connectivity index (χ3n) is 3.40. The van der Waals surface area contributed by atoms with Gasteiger partial charge in [0.15, 0.2) is 0 Å². The molecule has 0 bridgehead atoms. The lowest BCUT2D eigenvalue weighted by atomic mass is 10.0. The maximum atomic E-state index is 11.5. The van der Waals surface area contributed by atoms with Crippen molar-refractivity contribution in [2.24, 2.45) is 0 Å². The summed E-state index contributed by atoms with van der Waals surface area (Å²) < 4.78 is 31.0. The van der Waals surface area contributed by atoms with Gasteiger partial charge in [-0.2, -0.15) is 0 Å². The Labute approximate surface area is 120 Å². The van der Waals surface area contributed by atoms with E-state index >= 15 is 0 Å². The molecule has 20 heavy (non-hydrogen) atoms. The number of hydrogen-bond acceptors (Lipinski definition) is 4. The van der Waals surface area contributed by atoms with Gasteiger partial charge in [0.2, 0.25) is 10.0 Å². The van der Waals surface area contributed by atoms with Gasteiger partial charge in [-0.3, -0.25) is 0 Å². The molecule has 1 aliphatic heterocycles. The summed E-state index contributed by atoms with van der Waals surface area (Å²) in [7, 11) is -3.15. The van der Waals surface area contributed by atoms with Gasteiger partial charge in [-0.15, -0.1) is 0 Å². The van der Waals surface area contributed by atoms with Crippen LogP contribution in [0.4, 0.5) is 0 Å². The van der Waals surface area contributed by atoms with E-state index in [0.717, 1.165) is 24.3 Å². The summed E-state index contributed by atoms with van der Waals surface area (Å²) in [4.78, 5) is 0. The Balaban J connectivity index is 1.87. The Bertz CT molecular complexity index is 558. The third kappa shape index (κ3) is 3.94. The summed E-state index contributed by atoms with van der Waals surface area (Å²) in [5.74, 6) is 1.06. The summed E-state index contributed by atoms with van der Waals surface area (Å²) in [5, 5.41) is 3.24. The molecule has 0 saturated heterocycles. The van der Waals surface area contributed by atoms with Crippen molar-refractivity contribution in [3.05, 3.63) is 29.3 Å². The van der Waals surface area contributed by atoms with E-state index in [4.69, 9.17) is 4.74 Å². The van der Waals surface area contributed by atoms with Gasteiger partial charge in [0.25, 0.3) is 0 Å². The summed E-state index contributed by atoms with van der Waals surface area (Å²) in [6.45, 7) is 5.44. The molecule has 5 nitrogen and oxygen atoms in total. The highest BCUT2D eigenvalue weighted by atomic mass is 32.2. The zero-order valence-electron chi connectivity index (χ0n) is 12.0. The molecular formula is C14H22N2O3S. The van der Waals surface area contributed by atoms with Crippen LogP contribution >= 0.6 is 0 Å². The van der Waals surface area contributed by atoms with Gasteiger partial charge >= 0.3 is 0 Å². The molecule has 0 saturated carbocycles. The van der Waals surface area contributed by atoms with E-state index in [1.54, 1.807) is 6.92 Å². The highest BCUT2D eigenvalue weighted by molar-refractivity contribution is 7.89. The Morgan fingerprint density at radius 3 is 2.95 bits per heavy atom. The van der Waals surface area contributed by atoms with Crippen LogP contribution in [0.25, 0.3) is 0 Å². The second kappa shape index (κ2) is 6.56. The van der Waals surface area contributed by atoms with Crippen LogP contribution in [0.5, 0.6) is 5.75 Å². The molecule has 0 fully saturated rings. The minimum atomic E-state index is -3.15. The number of ether oxygens (including phenoxy) is 1. The lowest BCUT2D eigenvalue weighted by Crippen LogP contribution is -2.32. The smallest absolute Gasteiger partial charge is 0.212 e. The van der Waals surface area contributed by atoms with E-state index < -0.39 is 10.0 Å². The summed E-state index contributed by atoms with van der Waals surface area (Å²) in [6, 6.07) is 6.28. The van der Waals surface area contributed by atoms with Crippen molar-refractivity contribution in [3.63, 3.8) is 0 Å². The third-order valence-corrected chi connectivity index (χ3v) is 4.87. The van der Waals surface area contributed by atoms with E-state index in [-0.39, 0.29) is 11.8 Å². The number of sulfonamides is 1. The number of benzene rings is 1. The Morgan fingerprint density at radius 2 is 2.20 bits per heavy atom. The van der Waals surface area contributed by atoms with Gasteiger partial charge in [0.1, 0.15) is 5.75 Å². The lowest BCUT2D eigenvalue weighted by molar-refractivity contribution is 0.356. The van der Waals surface area contributed by atoms with Crippen molar-refractivity contribution < 1.29 is 13.2 Å². The van der Waals surface area contributed by atoms with Crippen LogP contribution in [0.3, 0.4) is 0 Å². The van der Waals surface area contributed by atoms with Crippen LogP contribution in [-0.4, -0.2) is 33.9 Å². The molecule has 6 heteroatoms. The van der Waals surface area contributed by atoms with Gasteiger partial charge in [-0.1, -0.05) is 19.1 Å². The number of rotatable bonds is 7. The van der Waals surface area contributed by atoms with E-state index in [1.807, 2.05) is 19.1 Å². The van der Waals surface area contributed by atoms with Gasteiger partial charge in [-0.05, 0) is 24.1 Å². The molecule has 112 valence electrons. The van der Waals surface area contributed by atoms with E-state index in [2.05, 4.69) is 16.1 Å². The molecule has 1 unspecified atom stereocenters. The molecule has 1 aromatic rings. The first-order chi connectivity index (χ1) is 9.52. The summed E-state index contributed by atoms with van der Waals surface area (Å²) in [5.41, 5.74) is 2.39. The van der Waals surface area contributed by atoms with Crippen molar-refractivity contribution in [2.45, 2.75) is 26.3 Å². The Kier molecular flexibility index (Phi) is 5.01. The fraction of sp³-hybridized carbons (Fsp3) is 0.571. The van der Waals surface area contributed by atoms with Crippen LogP contribution in [0.1, 0.15) is 31.0 Å². The molecule has 0 spiro atoms. The highest BCUT2D eigenvalue weighted by Crippen LogP contribution is 2.27. The molecular weight excluding hydrogens is 276 g/mol. The van der Waals surface area contributed by atoms with Crippen LogP contribution in [0.2, 0.25) is 0 Å².